The molecular weight excluding hydrogens is 198 g/mol. The second-order valence-corrected chi connectivity index (χ2v) is 5.48. The molecule has 0 aliphatic carbocycles. The molecule has 0 saturated heterocycles. The lowest BCUT2D eigenvalue weighted by Crippen LogP contribution is -2.33. The van der Waals surface area contributed by atoms with E-state index in [0.29, 0.717) is 11.9 Å². The fourth-order valence-corrected chi connectivity index (χ4v) is 1.80. The van der Waals surface area contributed by atoms with E-state index in [1.54, 1.807) is 0 Å². The number of nitrogens with two attached hydrogens (primary N) is 1. The topological polar surface area (TPSA) is 53.1 Å². The van der Waals surface area contributed by atoms with Gasteiger partial charge >= 0.3 is 0 Å². The fraction of sp³-hybridized carbons (Fsp3) is 0.923. The molecule has 0 spiro atoms. The number of hydrogen-bond donors (Lipinski definition) is 2. The molecule has 3 nitrogen and oxygen atoms in total. The molecule has 0 aromatic carbocycles. The van der Waals surface area contributed by atoms with Gasteiger partial charge in [-0.1, -0.05) is 27.2 Å². The van der Waals surface area contributed by atoms with Crippen molar-refractivity contribution < 1.29 is 0 Å². The highest BCUT2D eigenvalue weighted by Gasteiger charge is 2.20. The lowest BCUT2D eigenvalue weighted by molar-refractivity contribution is 0.225. The molecule has 0 aromatic heterocycles. The van der Waals surface area contributed by atoms with Gasteiger partial charge in [-0.2, -0.15) is 0 Å². The van der Waals surface area contributed by atoms with Crippen LogP contribution >= 0.6 is 0 Å². The zero-order chi connectivity index (χ0) is 12.8. The van der Waals surface area contributed by atoms with E-state index in [2.05, 4.69) is 39.5 Å². The second-order valence-electron chi connectivity index (χ2n) is 5.48. The van der Waals surface area contributed by atoms with Gasteiger partial charge in [0.05, 0.1) is 5.84 Å². The Labute approximate surface area is 101 Å². The van der Waals surface area contributed by atoms with E-state index in [9.17, 15) is 0 Å². The molecular formula is C13H29N3. The smallest absolute Gasteiger partial charge is 0.0963 e. The Morgan fingerprint density at radius 1 is 1.31 bits per heavy atom. The highest BCUT2D eigenvalue weighted by Crippen LogP contribution is 2.22. The fourth-order valence-electron chi connectivity index (χ4n) is 1.80. The summed E-state index contributed by atoms with van der Waals surface area (Å²) in [6.07, 6.45) is 3.36. The average Bonchev–Trinajstić information content (AvgIpc) is 2.16. The molecule has 0 amide bonds. The van der Waals surface area contributed by atoms with Crippen LogP contribution in [-0.4, -0.2) is 29.9 Å². The summed E-state index contributed by atoms with van der Waals surface area (Å²) < 4.78 is 0. The third-order valence-corrected chi connectivity index (χ3v) is 3.36. The van der Waals surface area contributed by atoms with Gasteiger partial charge in [-0.3, -0.25) is 5.41 Å². The van der Waals surface area contributed by atoms with Crippen molar-refractivity contribution in [2.24, 2.45) is 11.1 Å². The summed E-state index contributed by atoms with van der Waals surface area (Å²) in [5, 5.41) is 7.49. The first-order chi connectivity index (χ1) is 7.31. The van der Waals surface area contributed by atoms with Gasteiger partial charge in [-0.25, -0.2) is 0 Å². The maximum absolute atomic E-state index is 7.49. The third kappa shape index (κ3) is 5.50. The minimum absolute atomic E-state index is 0.130. The van der Waals surface area contributed by atoms with E-state index in [4.69, 9.17) is 11.1 Å². The average molecular weight is 227 g/mol. The molecule has 0 aliphatic heterocycles. The summed E-state index contributed by atoms with van der Waals surface area (Å²) in [7, 11) is 0. The lowest BCUT2D eigenvalue weighted by Gasteiger charge is -2.26. The monoisotopic (exact) mass is 227 g/mol. The molecule has 3 heteroatoms. The van der Waals surface area contributed by atoms with Gasteiger partial charge < -0.3 is 10.6 Å². The van der Waals surface area contributed by atoms with Crippen molar-refractivity contribution in [3.8, 4) is 0 Å². The van der Waals surface area contributed by atoms with Gasteiger partial charge in [0.1, 0.15) is 0 Å². The van der Waals surface area contributed by atoms with Crippen LogP contribution in [0.15, 0.2) is 0 Å². The van der Waals surface area contributed by atoms with Gasteiger partial charge in [0.15, 0.2) is 0 Å². The van der Waals surface area contributed by atoms with Gasteiger partial charge in [0.2, 0.25) is 0 Å². The Balaban J connectivity index is 3.79. The summed E-state index contributed by atoms with van der Waals surface area (Å²) in [4.78, 5) is 2.47. The molecule has 0 rings (SSSR count). The molecule has 0 radical (unpaired) electrons. The van der Waals surface area contributed by atoms with Crippen molar-refractivity contribution in [3.05, 3.63) is 0 Å². The van der Waals surface area contributed by atoms with E-state index in [-0.39, 0.29) is 5.41 Å². The molecule has 0 heterocycles. The van der Waals surface area contributed by atoms with Crippen LogP contribution in [-0.2, 0) is 0 Å². The van der Waals surface area contributed by atoms with Crippen LogP contribution in [0.1, 0.15) is 53.9 Å². The highest BCUT2D eigenvalue weighted by molar-refractivity contribution is 5.82. The Kier molecular flexibility index (Phi) is 6.65. The summed E-state index contributed by atoms with van der Waals surface area (Å²) in [5.41, 5.74) is 5.43. The van der Waals surface area contributed by atoms with E-state index >= 15 is 0 Å². The molecule has 16 heavy (non-hydrogen) atoms. The maximum atomic E-state index is 7.49. The summed E-state index contributed by atoms with van der Waals surface area (Å²) in [5.74, 6) is 0.309. The normalized spacial score (nSPS) is 12.4. The van der Waals surface area contributed by atoms with Crippen molar-refractivity contribution in [2.45, 2.75) is 59.9 Å². The van der Waals surface area contributed by atoms with Crippen LogP contribution in [0.2, 0.25) is 0 Å². The van der Waals surface area contributed by atoms with Gasteiger partial charge in [0, 0.05) is 11.5 Å². The Morgan fingerprint density at radius 3 is 2.25 bits per heavy atom. The van der Waals surface area contributed by atoms with Crippen LogP contribution in [0.25, 0.3) is 0 Å². The van der Waals surface area contributed by atoms with Crippen LogP contribution in [0.3, 0.4) is 0 Å². The van der Waals surface area contributed by atoms with Crippen LogP contribution in [0, 0.1) is 10.8 Å². The zero-order valence-electron chi connectivity index (χ0n) is 11.6. The predicted molar refractivity (Wildman–Crippen MR) is 71.9 cm³/mol. The molecule has 0 atom stereocenters. The van der Waals surface area contributed by atoms with Crippen molar-refractivity contribution in [2.75, 3.05) is 13.1 Å². The van der Waals surface area contributed by atoms with Crippen molar-refractivity contribution in [3.63, 3.8) is 0 Å². The van der Waals surface area contributed by atoms with Crippen LogP contribution < -0.4 is 5.73 Å². The first-order valence-electron chi connectivity index (χ1n) is 6.39. The third-order valence-electron chi connectivity index (χ3n) is 3.36. The van der Waals surface area contributed by atoms with Crippen molar-refractivity contribution in [1.82, 2.24) is 4.90 Å². The SMILES string of the molecule is CCN(CCCCC(C)(C)C(=N)N)C(C)C. The van der Waals surface area contributed by atoms with E-state index in [0.717, 1.165) is 25.9 Å². The Bertz CT molecular complexity index is 209. The number of rotatable bonds is 8. The molecule has 0 aromatic rings. The van der Waals surface area contributed by atoms with Crippen molar-refractivity contribution >= 4 is 5.84 Å². The van der Waals surface area contributed by atoms with E-state index in [1.807, 2.05) is 0 Å². The first kappa shape index (κ1) is 15.4. The molecule has 0 unspecified atom stereocenters. The quantitative estimate of drug-likeness (QED) is 0.380. The molecule has 0 aliphatic rings. The number of unbranched alkanes of at least 4 members (excludes halogenated alkanes) is 1. The number of amidine groups is 1. The summed E-state index contributed by atoms with van der Waals surface area (Å²) in [6, 6.07) is 0.630. The number of nitrogens with zero attached hydrogens (tertiary/aromatic N) is 1. The standard InChI is InChI=1S/C13H29N3/c1-6-16(11(2)3)10-8-7-9-13(4,5)12(14)15/h11H,6-10H2,1-5H3,(H3,14,15). The van der Waals surface area contributed by atoms with E-state index in [1.165, 1.54) is 6.42 Å². The Morgan fingerprint density at radius 2 is 1.88 bits per heavy atom. The summed E-state index contributed by atoms with van der Waals surface area (Å²) >= 11 is 0. The maximum Gasteiger partial charge on any atom is 0.0963 e. The highest BCUT2D eigenvalue weighted by atomic mass is 15.1. The zero-order valence-corrected chi connectivity index (χ0v) is 11.6. The minimum Gasteiger partial charge on any atom is -0.387 e. The number of hydrogen-bond acceptors (Lipinski definition) is 2. The Hall–Kier alpha value is -0.570. The van der Waals surface area contributed by atoms with Gasteiger partial charge in [-0.05, 0) is 39.8 Å². The number of nitrogens with one attached hydrogen (secondary N) is 1. The molecule has 96 valence electrons. The van der Waals surface area contributed by atoms with Gasteiger partial charge in [-0.15, -0.1) is 0 Å². The van der Waals surface area contributed by atoms with Crippen molar-refractivity contribution in [1.29, 1.82) is 5.41 Å². The second kappa shape index (κ2) is 6.89. The molecule has 0 bridgehead atoms. The van der Waals surface area contributed by atoms with Gasteiger partial charge in [0.25, 0.3) is 0 Å². The van der Waals surface area contributed by atoms with Crippen LogP contribution in [0.5, 0.6) is 0 Å². The largest absolute Gasteiger partial charge is 0.387 e. The predicted octanol–water partition coefficient (Wildman–Crippen LogP) is 2.85. The van der Waals surface area contributed by atoms with E-state index < -0.39 is 0 Å². The molecule has 3 N–H and O–H groups in total. The minimum atomic E-state index is -0.130. The molecule has 0 saturated carbocycles. The lowest BCUT2D eigenvalue weighted by atomic mass is 9.86. The summed E-state index contributed by atoms with van der Waals surface area (Å²) in [6.45, 7) is 13.1. The first-order valence-corrected chi connectivity index (χ1v) is 6.39. The van der Waals surface area contributed by atoms with Crippen LogP contribution in [0.4, 0.5) is 0 Å². The molecule has 0 fully saturated rings.